The van der Waals surface area contributed by atoms with E-state index in [-0.39, 0.29) is 28.8 Å². The van der Waals surface area contributed by atoms with Crippen molar-refractivity contribution < 1.29 is 22.9 Å². The molecule has 0 spiro atoms. The molecule has 8 heteroatoms. The summed E-state index contributed by atoms with van der Waals surface area (Å²) in [6, 6.07) is 18.1. The minimum absolute atomic E-state index is 0.0619. The second-order valence-electron chi connectivity index (χ2n) is 7.88. The molecule has 0 bridgehead atoms. The molecule has 1 aliphatic heterocycles. The van der Waals surface area contributed by atoms with Crippen molar-refractivity contribution in [2.45, 2.75) is 12.8 Å². The van der Waals surface area contributed by atoms with E-state index >= 15 is 0 Å². The van der Waals surface area contributed by atoms with Crippen molar-refractivity contribution in [3.63, 3.8) is 0 Å². The Morgan fingerprint density at radius 1 is 0.971 bits per heavy atom. The van der Waals surface area contributed by atoms with Crippen LogP contribution in [0.4, 0.5) is 20.2 Å². The number of nitrogens with one attached hydrogen (secondary N) is 1. The first-order valence-electron chi connectivity index (χ1n) is 10.7. The van der Waals surface area contributed by atoms with E-state index in [4.69, 9.17) is 4.52 Å². The summed E-state index contributed by atoms with van der Waals surface area (Å²) in [4.78, 5) is 27.5. The van der Waals surface area contributed by atoms with Crippen LogP contribution in [-0.2, 0) is 6.42 Å². The summed E-state index contributed by atoms with van der Waals surface area (Å²) in [5, 5.41) is 6.73. The van der Waals surface area contributed by atoms with Crippen LogP contribution in [0.15, 0.2) is 77.3 Å². The number of carbonyl (C=O) groups excluding carboxylic acids is 2. The second-order valence-corrected chi connectivity index (χ2v) is 7.88. The van der Waals surface area contributed by atoms with E-state index in [0.29, 0.717) is 36.3 Å². The third kappa shape index (κ3) is 4.05. The van der Waals surface area contributed by atoms with Crippen LogP contribution in [0, 0.1) is 11.6 Å². The Labute approximate surface area is 193 Å². The van der Waals surface area contributed by atoms with E-state index in [9.17, 15) is 18.4 Å². The quantitative estimate of drug-likeness (QED) is 0.439. The molecule has 1 aromatic heterocycles. The van der Waals surface area contributed by atoms with Crippen LogP contribution in [0.25, 0.3) is 11.3 Å². The van der Waals surface area contributed by atoms with Gasteiger partial charge >= 0.3 is 0 Å². The lowest BCUT2D eigenvalue weighted by atomic mass is 9.99. The van der Waals surface area contributed by atoms with Crippen molar-refractivity contribution in [3.8, 4) is 11.3 Å². The maximum Gasteiger partial charge on any atom is 0.280 e. The Balaban J connectivity index is 1.41. The van der Waals surface area contributed by atoms with Crippen molar-refractivity contribution >= 4 is 23.2 Å². The number of benzene rings is 3. The second kappa shape index (κ2) is 8.90. The van der Waals surface area contributed by atoms with Gasteiger partial charge < -0.3 is 14.7 Å². The molecule has 4 aromatic rings. The predicted octanol–water partition coefficient (Wildman–Crippen LogP) is 5.47. The van der Waals surface area contributed by atoms with E-state index in [1.54, 1.807) is 41.3 Å². The Hall–Kier alpha value is -4.33. The fourth-order valence-electron chi connectivity index (χ4n) is 4.05. The van der Waals surface area contributed by atoms with Gasteiger partial charge in [0.2, 0.25) is 0 Å². The maximum absolute atomic E-state index is 14.1. The fraction of sp³-hybridized carbons (Fsp3) is 0.115. The van der Waals surface area contributed by atoms with Gasteiger partial charge in [0.15, 0.2) is 11.5 Å². The van der Waals surface area contributed by atoms with Crippen LogP contribution in [0.2, 0.25) is 0 Å². The summed E-state index contributed by atoms with van der Waals surface area (Å²) in [6.07, 6.45) is 1.35. The third-order valence-electron chi connectivity index (χ3n) is 5.72. The monoisotopic (exact) mass is 459 g/mol. The predicted molar refractivity (Wildman–Crippen MR) is 123 cm³/mol. The van der Waals surface area contributed by atoms with Gasteiger partial charge in [-0.3, -0.25) is 9.59 Å². The van der Waals surface area contributed by atoms with Crippen LogP contribution in [-0.4, -0.2) is 23.5 Å². The topological polar surface area (TPSA) is 75.4 Å². The minimum atomic E-state index is -0.470. The lowest BCUT2D eigenvalue weighted by molar-refractivity contribution is 0.0975. The van der Waals surface area contributed by atoms with Gasteiger partial charge in [0.25, 0.3) is 11.8 Å². The van der Waals surface area contributed by atoms with Gasteiger partial charge in [-0.1, -0.05) is 23.4 Å². The highest BCUT2D eigenvalue weighted by Gasteiger charge is 2.28. The lowest BCUT2D eigenvalue weighted by Crippen LogP contribution is -2.36. The Kier molecular flexibility index (Phi) is 5.63. The summed E-state index contributed by atoms with van der Waals surface area (Å²) < 4.78 is 32.5. The zero-order chi connectivity index (χ0) is 23.7. The molecule has 170 valence electrons. The zero-order valence-corrected chi connectivity index (χ0v) is 17.9. The van der Waals surface area contributed by atoms with Gasteiger partial charge in [-0.25, -0.2) is 8.78 Å². The summed E-state index contributed by atoms with van der Waals surface area (Å²) in [5.74, 6) is -1.48. The van der Waals surface area contributed by atoms with E-state index in [2.05, 4.69) is 10.5 Å². The number of amides is 2. The van der Waals surface area contributed by atoms with Crippen molar-refractivity contribution in [2.24, 2.45) is 0 Å². The first-order chi connectivity index (χ1) is 16.5. The van der Waals surface area contributed by atoms with Crippen LogP contribution < -0.4 is 10.2 Å². The third-order valence-corrected chi connectivity index (χ3v) is 5.72. The van der Waals surface area contributed by atoms with Crippen molar-refractivity contribution in [3.05, 3.63) is 101 Å². The van der Waals surface area contributed by atoms with Gasteiger partial charge in [-0.05, 0) is 66.9 Å². The number of carbonyl (C=O) groups is 2. The molecule has 5 rings (SSSR count). The van der Waals surface area contributed by atoms with E-state index in [1.807, 2.05) is 0 Å². The number of nitrogens with zero attached hydrogens (tertiary/aromatic N) is 2. The molecule has 1 aliphatic rings. The average molecular weight is 459 g/mol. The average Bonchev–Trinajstić information content (AvgIpc) is 3.34. The number of hydrogen-bond donors (Lipinski definition) is 1. The molecule has 0 saturated carbocycles. The van der Waals surface area contributed by atoms with Gasteiger partial charge in [0.1, 0.15) is 11.6 Å². The van der Waals surface area contributed by atoms with Gasteiger partial charge in [-0.15, -0.1) is 0 Å². The summed E-state index contributed by atoms with van der Waals surface area (Å²) in [7, 11) is 0. The smallest absolute Gasteiger partial charge is 0.280 e. The number of hydrogen-bond acceptors (Lipinski definition) is 4. The van der Waals surface area contributed by atoms with Crippen molar-refractivity contribution in [2.75, 3.05) is 16.8 Å². The number of rotatable bonds is 4. The molecule has 2 amide bonds. The molecule has 0 fully saturated rings. The molecule has 2 heterocycles. The standard InChI is InChI=1S/C26H19F2N3O3/c27-17-12-10-16(11-13-17)25(32)29-21-8-3-9-23-19(21)6-4-14-31(23)26(33)22-15-24(34-30-22)18-5-1-2-7-20(18)28/h1-3,5,7-13,15H,4,6,14H2,(H,29,32). The van der Waals surface area contributed by atoms with Crippen LogP contribution in [0.3, 0.4) is 0 Å². The Morgan fingerprint density at radius 2 is 1.76 bits per heavy atom. The largest absolute Gasteiger partial charge is 0.355 e. The Bertz CT molecular complexity index is 1380. The summed E-state index contributed by atoms with van der Waals surface area (Å²) in [5.41, 5.74) is 2.66. The van der Waals surface area contributed by atoms with Gasteiger partial charge in [0.05, 0.1) is 5.56 Å². The highest BCUT2D eigenvalue weighted by Crippen LogP contribution is 2.34. The highest BCUT2D eigenvalue weighted by atomic mass is 19.1. The van der Waals surface area contributed by atoms with Crippen molar-refractivity contribution in [1.29, 1.82) is 0 Å². The fourth-order valence-corrected chi connectivity index (χ4v) is 4.05. The molecule has 1 N–H and O–H groups in total. The first kappa shape index (κ1) is 21.5. The van der Waals surface area contributed by atoms with Crippen LogP contribution in [0.1, 0.15) is 32.8 Å². The van der Waals surface area contributed by atoms with E-state index < -0.39 is 11.6 Å². The van der Waals surface area contributed by atoms with Gasteiger partial charge in [-0.2, -0.15) is 0 Å². The summed E-state index contributed by atoms with van der Waals surface area (Å²) in [6.45, 7) is 0.461. The molecular weight excluding hydrogens is 440 g/mol. The van der Waals surface area contributed by atoms with Crippen LogP contribution >= 0.6 is 0 Å². The molecule has 6 nitrogen and oxygen atoms in total. The highest BCUT2D eigenvalue weighted by molar-refractivity contribution is 6.08. The zero-order valence-electron chi connectivity index (χ0n) is 17.9. The van der Waals surface area contributed by atoms with Crippen molar-refractivity contribution in [1.82, 2.24) is 5.16 Å². The molecule has 34 heavy (non-hydrogen) atoms. The lowest BCUT2D eigenvalue weighted by Gasteiger charge is -2.30. The summed E-state index contributed by atoms with van der Waals surface area (Å²) >= 11 is 0. The molecule has 0 radical (unpaired) electrons. The van der Waals surface area contributed by atoms with E-state index in [0.717, 1.165) is 5.56 Å². The molecule has 0 aliphatic carbocycles. The number of aromatic nitrogens is 1. The van der Waals surface area contributed by atoms with E-state index in [1.165, 1.54) is 36.4 Å². The molecule has 0 atom stereocenters. The SMILES string of the molecule is O=C(Nc1cccc2c1CCCN2C(=O)c1cc(-c2ccccc2F)on1)c1ccc(F)cc1. The normalized spacial score (nSPS) is 12.8. The minimum Gasteiger partial charge on any atom is -0.355 e. The first-order valence-corrected chi connectivity index (χ1v) is 10.7. The van der Waals surface area contributed by atoms with Crippen LogP contribution in [0.5, 0.6) is 0 Å². The number of halogens is 2. The Morgan fingerprint density at radius 3 is 2.56 bits per heavy atom. The molecular formula is C26H19F2N3O3. The number of anilines is 2. The van der Waals surface area contributed by atoms with Gasteiger partial charge in [0, 0.05) is 29.5 Å². The number of fused-ring (bicyclic) bond motifs is 1. The molecule has 0 saturated heterocycles. The molecule has 0 unspecified atom stereocenters. The maximum atomic E-state index is 14.1. The molecule has 3 aromatic carbocycles.